The van der Waals surface area contributed by atoms with Crippen LogP contribution in [0.25, 0.3) is 11.1 Å². The summed E-state index contributed by atoms with van der Waals surface area (Å²) in [6, 6.07) is 18.2. The number of imidazole rings is 1. The minimum atomic E-state index is -0.964. The Morgan fingerprint density at radius 1 is 1.00 bits per heavy atom. The maximum atomic E-state index is 11.1. The van der Waals surface area contributed by atoms with Crippen LogP contribution in [0.1, 0.15) is 16.1 Å². The standard InChI is InChI=1S/C17H14N2O2/c20-17(21)16-10-18-12-19(16)11-13-6-8-15(9-7-13)14-4-2-1-3-5-14/h1-10,12H,11H2,(H,20,21). The van der Waals surface area contributed by atoms with E-state index >= 15 is 0 Å². The number of carboxylic acids is 1. The number of benzene rings is 2. The van der Waals surface area contributed by atoms with Gasteiger partial charge >= 0.3 is 5.97 Å². The number of carbonyl (C=O) groups is 1. The monoisotopic (exact) mass is 278 g/mol. The van der Waals surface area contributed by atoms with Gasteiger partial charge in [0.2, 0.25) is 0 Å². The van der Waals surface area contributed by atoms with E-state index < -0.39 is 5.97 Å². The maximum absolute atomic E-state index is 11.1. The van der Waals surface area contributed by atoms with Gasteiger partial charge in [-0.05, 0) is 16.7 Å². The molecule has 4 heteroatoms. The smallest absolute Gasteiger partial charge is 0.354 e. The first-order valence-electron chi connectivity index (χ1n) is 6.62. The Balaban J connectivity index is 1.82. The van der Waals surface area contributed by atoms with Crippen LogP contribution in [0.5, 0.6) is 0 Å². The van der Waals surface area contributed by atoms with Gasteiger partial charge in [0, 0.05) is 6.54 Å². The van der Waals surface area contributed by atoms with Crippen molar-refractivity contribution in [2.45, 2.75) is 6.54 Å². The molecule has 0 aliphatic carbocycles. The number of rotatable bonds is 4. The molecular weight excluding hydrogens is 264 g/mol. The van der Waals surface area contributed by atoms with E-state index in [-0.39, 0.29) is 5.69 Å². The Labute approximate surface area is 122 Å². The summed E-state index contributed by atoms with van der Waals surface area (Å²) >= 11 is 0. The fourth-order valence-corrected chi connectivity index (χ4v) is 2.25. The molecular formula is C17H14N2O2. The summed E-state index contributed by atoms with van der Waals surface area (Å²) < 4.78 is 1.62. The van der Waals surface area contributed by atoms with Crippen molar-refractivity contribution in [1.29, 1.82) is 0 Å². The topological polar surface area (TPSA) is 55.1 Å². The third-order valence-electron chi connectivity index (χ3n) is 3.35. The van der Waals surface area contributed by atoms with Crippen molar-refractivity contribution in [2.75, 3.05) is 0 Å². The van der Waals surface area contributed by atoms with Gasteiger partial charge in [-0.2, -0.15) is 0 Å². The third-order valence-corrected chi connectivity index (χ3v) is 3.35. The van der Waals surface area contributed by atoms with Crippen molar-refractivity contribution in [3.8, 4) is 11.1 Å². The molecule has 0 saturated heterocycles. The summed E-state index contributed by atoms with van der Waals surface area (Å²) in [7, 11) is 0. The van der Waals surface area contributed by atoms with Gasteiger partial charge in [0.05, 0.1) is 12.5 Å². The number of carboxylic acid groups (broad SMARTS) is 1. The van der Waals surface area contributed by atoms with E-state index in [0.29, 0.717) is 6.54 Å². The quantitative estimate of drug-likeness (QED) is 0.796. The third kappa shape index (κ3) is 2.84. The van der Waals surface area contributed by atoms with E-state index in [2.05, 4.69) is 17.1 Å². The van der Waals surface area contributed by atoms with Crippen molar-refractivity contribution < 1.29 is 9.90 Å². The second kappa shape index (κ2) is 5.63. The van der Waals surface area contributed by atoms with Crippen LogP contribution in [0.4, 0.5) is 0 Å². The van der Waals surface area contributed by atoms with Crippen molar-refractivity contribution >= 4 is 5.97 Å². The molecule has 0 aliphatic heterocycles. The van der Waals surface area contributed by atoms with E-state index in [1.807, 2.05) is 42.5 Å². The normalized spacial score (nSPS) is 10.5. The van der Waals surface area contributed by atoms with Crippen LogP contribution in [0.3, 0.4) is 0 Å². The highest BCUT2D eigenvalue weighted by atomic mass is 16.4. The highest BCUT2D eigenvalue weighted by Crippen LogP contribution is 2.19. The molecule has 21 heavy (non-hydrogen) atoms. The number of aromatic nitrogens is 2. The minimum absolute atomic E-state index is 0.196. The molecule has 0 spiro atoms. The molecule has 0 aliphatic rings. The molecule has 104 valence electrons. The van der Waals surface area contributed by atoms with E-state index in [0.717, 1.165) is 16.7 Å². The summed E-state index contributed by atoms with van der Waals surface area (Å²) in [4.78, 5) is 14.9. The lowest BCUT2D eigenvalue weighted by Crippen LogP contribution is -2.08. The highest BCUT2D eigenvalue weighted by Gasteiger charge is 2.09. The van der Waals surface area contributed by atoms with E-state index in [4.69, 9.17) is 5.11 Å². The number of hydrogen-bond acceptors (Lipinski definition) is 2. The van der Waals surface area contributed by atoms with Crippen LogP contribution in [-0.4, -0.2) is 20.6 Å². The van der Waals surface area contributed by atoms with Crippen LogP contribution in [0.15, 0.2) is 67.1 Å². The molecule has 0 unspecified atom stereocenters. The Hall–Kier alpha value is -2.88. The Morgan fingerprint density at radius 2 is 1.67 bits per heavy atom. The largest absolute Gasteiger partial charge is 0.477 e. The molecule has 0 radical (unpaired) electrons. The molecule has 1 N–H and O–H groups in total. The van der Waals surface area contributed by atoms with Gasteiger partial charge < -0.3 is 9.67 Å². The SMILES string of the molecule is O=C(O)c1cncn1Cc1ccc(-c2ccccc2)cc1. The predicted molar refractivity (Wildman–Crippen MR) is 80.2 cm³/mol. The lowest BCUT2D eigenvalue weighted by atomic mass is 10.0. The fourth-order valence-electron chi connectivity index (χ4n) is 2.25. The zero-order chi connectivity index (χ0) is 14.7. The molecule has 0 amide bonds. The Bertz CT molecular complexity index is 746. The van der Waals surface area contributed by atoms with Crippen LogP contribution >= 0.6 is 0 Å². The number of hydrogen-bond donors (Lipinski definition) is 1. The Morgan fingerprint density at radius 3 is 2.33 bits per heavy atom. The van der Waals surface area contributed by atoms with E-state index in [1.165, 1.54) is 12.5 Å². The molecule has 3 aromatic rings. The summed E-state index contributed by atoms with van der Waals surface area (Å²) in [5.74, 6) is -0.964. The average Bonchev–Trinajstić information content (AvgIpc) is 2.97. The van der Waals surface area contributed by atoms with Crippen LogP contribution < -0.4 is 0 Å². The van der Waals surface area contributed by atoms with Crippen LogP contribution in [-0.2, 0) is 6.54 Å². The first kappa shape index (κ1) is 13.1. The predicted octanol–water partition coefficient (Wildman–Crippen LogP) is 3.30. The lowest BCUT2D eigenvalue weighted by molar-refractivity contribution is 0.0685. The first-order chi connectivity index (χ1) is 10.2. The number of aromatic carboxylic acids is 1. The fraction of sp³-hybridized carbons (Fsp3) is 0.0588. The molecule has 0 fully saturated rings. The van der Waals surface area contributed by atoms with Gasteiger partial charge in [0.25, 0.3) is 0 Å². The summed E-state index contributed by atoms with van der Waals surface area (Å²) in [5.41, 5.74) is 3.54. The van der Waals surface area contributed by atoms with Crippen molar-refractivity contribution in [3.63, 3.8) is 0 Å². The van der Waals surface area contributed by atoms with Gasteiger partial charge in [-0.1, -0.05) is 54.6 Å². The average molecular weight is 278 g/mol. The zero-order valence-electron chi connectivity index (χ0n) is 11.3. The van der Waals surface area contributed by atoms with Crippen molar-refractivity contribution in [2.24, 2.45) is 0 Å². The molecule has 0 saturated carbocycles. The van der Waals surface area contributed by atoms with E-state index in [1.54, 1.807) is 4.57 Å². The van der Waals surface area contributed by atoms with Crippen LogP contribution in [0.2, 0.25) is 0 Å². The molecule has 4 nitrogen and oxygen atoms in total. The van der Waals surface area contributed by atoms with Crippen LogP contribution in [0, 0.1) is 0 Å². The van der Waals surface area contributed by atoms with Crippen molar-refractivity contribution in [3.05, 3.63) is 78.4 Å². The lowest BCUT2D eigenvalue weighted by Gasteiger charge is -2.07. The second-order valence-corrected chi connectivity index (χ2v) is 4.77. The molecule has 1 aromatic heterocycles. The highest BCUT2D eigenvalue weighted by molar-refractivity contribution is 5.85. The van der Waals surface area contributed by atoms with Gasteiger partial charge in [-0.3, -0.25) is 0 Å². The maximum Gasteiger partial charge on any atom is 0.354 e. The molecule has 2 aromatic carbocycles. The number of nitrogens with zero attached hydrogens (tertiary/aromatic N) is 2. The molecule has 1 heterocycles. The first-order valence-corrected chi connectivity index (χ1v) is 6.62. The minimum Gasteiger partial charge on any atom is -0.477 e. The summed E-state index contributed by atoms with van der Waals surface area (Å²) in [5, 5.41) is 9.06. The van der Waals surface area contributed by atoms with Gasteiger partial charge in [0.15, 0.2) is 0 Å². The zero-order valence-corrected chi connectivity index (χ0v) is 11.3. The summed E-state index contributed by atoms with van der Waals surface area (Å²) in [6.45, 7) is 0.497. The Kier molecular flexibility index (Phi) is 3.51. The van der Waals surface area contributed by atoms with Gasteiger partial charge in [0.1, 0.15) is 5.69 Å². The van der Waals surface area contributed by atoms with Gasteiger partial charge in [-0.15, -0.1) is 0 Å². The second-order valence-electron chi connectivity index (χ2n) is 4.77. The molecule has 0 atom stereocenters. The van der Waals surface area contributed by atoms with Crippen molar-refractivity contribution in [1.82, 2.24) is 9.55 Å². The molecule has 3 rings (SSSR count). The molecule has 0 bridgehead atoms. The van der Waals surface area contributed by atoms with Gasteiger partial charge in [-0.25, -0.2) is 9.78 Å². The van der Waals surface area contributed by atoms with E-state index in [9.17, 15) is 4.79 Å². The summed E-state index contributed by atoms with van der Waals surface area (Å²) in [6.07, 6.45) is 2.90.